The molecule has 1 aromatic rings. The van der Waals surface area contributed by atoms with E-state index in [0.29, 0.717) is 10.6 Å². The van der Waals surface area contributed by atoms with Gasteiger partial charge in [-0.1, -0.05) is 29.8 Å². The fraction of sp³-hybridized carbons (Fsp3) is 0.364. The molecule has 1 aliphatic heterocycles. The van der Waals surface area contributed by atoms with Crippen molar-refractivity contribution >= 4 is 27.4 Å². The van der Waals surface area contributed by atoms with Gasteiger partial charge >= 0.3 is 5.97 Å². The van der Waals surface area contributed by atoms with Crippen molar-refractivity contribution in [3.63, 3.8) is 0 Å². The molecule has 0 aliphatic carbocycles. The molecule has 0 aromatic heterocycles. The van der Waals surface area contributed by atoms with Gasteiger partial charge in [-0.15, -0.1) is 0 Å². The van der Waals surface area contributed by atoms with Crippen molar-refractivity contribution in [1.82, 2.24) is 5.32 Å². The smallest absolute Gasteiger partial charge is 0.321 e. The van der Waals surface area contributed by atoms with E-state index in [1.54, 1.807) is 24.3 Å². The minimum absolute atomic E-state index is 0.138. The number of hydrogen-bond acceptors (Lipinski definition) is 4. The zero-order chi connectivity index (χ0) is 13.3. The molecule has 0 saturated carbocycles. The summed E-state index contributed by atoms with van der Waals surface area (Å²) in [6, 6.07) is 5.14. The molecule has 0 radical (unpaired) electrons. The molecule has 1 heterocycles. The van der Waals surface area contributed by atoms with Gasteiger partial charge in [0.15, 0.2) is 9.84 Å². The van der Waals surface area contributed by atoms with Crippen molar-refractivity contribution in [2.75, 3.05) is 11.5 Å². The van der Waals surface area contributed by atoms with Crippen LogP contribution in [-0.2, 0) is 14.6 Å². The van der Waals surface area contributed by atoms with Crippen molar-refractivity contribution in [3.8, 4) is 0 Å². The number of carboxylic acids is 1. The maximum absolute atomic E-state index is 11.7. The SMILES string of the molecule is O=C(O)C1CS(=O)(=O)CC(c2ccccc2Cl)N1. The van der Waals surface area contributed by atoms with E-state index in [-0.39, 0.29) is 11.5 Å². The molecule has 2 rings (SSSR count). The van der Waals surface area contributed by atoms with E-state index >= 15 is 0 Å². The predicted octanol–water partition coefficient (Wildman–Crippen LogP) is 0.852. The van der Waals surface area contributed by atoms with Gasteiger partial charge in [0, 0.05) is 11.1 Å². The topological polar surface area (TPSA) is 83.5 Å². The Morgan fingerprint density at radius 2 is 2.00 bits per heavy atom. The molecule has 0 bridgehead atoms. The van der Waals surface area contributed by atoms with Gasteiger partial charge in [0.1, 0.15) is 6.04 Å². The number of nitrogens with one attached hydrogen (secondary N) is 1. The number of halogens is 1. The summed E-state index contributed by atoms with van der Waals surface area (Å²) in [5.41, 5.74) is 0.605. The number of carbonyl (C=O) groups is 1. The fourth-order valence-corrected chi connectivity index (χ4v) is 3.93. The lowest BCUT2D eigenvalue weighted by Gasteiger charge is -2.29. The van der Waals surface area contributed by atoms with Crippen LogP contribution in [0.4, 0.5) is 0 Å². The molecule has 1 saturated heterocycles. The van der Waals surface area contributed by atoms with Crippen LogP contribution in [0.1, 0.15) is 11.6 Å². The molecule has 2 N–H and O–H groups in total. The first-order chi connectivity index (χ1) is 8.39. The molecule has 1 fully saturated rings. The lowest BCUT2D eigenvalue weighted by atomic mass is 10.1. The monoisotopic (exact) mass is 289 g/mol. The Labute approximate surface area is 110 Å². The van der Waals surface area contributed by atoms with Gasteiger partial charge < -0.3 is 5.11 Å². The Balaban J connectivity index is 2.34. The summed E-state index contributed by atoms with van der Waals surface area (Å²) in [5.74, 6) is -1.70. The van der Waals surface area contributed by atoms with Crippen LogP contribution in [-0.4, -0.2) is 37.0 Å². The van der Waals surface area contributed by atoms with Crippen LogP contribution in [0.2, 0.25) is 5.02 Å². The van der Waals surface area contributed by atoms with Crippen LogP contribution in [0.15, 0.2) is 24.3 Å². The summed E-state index contributed by atoms with van der Waals surface area (Å²) in [7, 11) is -3.39. The largest absolute Gasteiger partial charge is 0.480 e. The maximum atomic E-state index is 11.7. The van der Waals surface area contributed by atoms with Crippen LogP contribution in [0, 0.1) is 0 Å². The molecule has 2 atom stereocenters. The lowest BCUT2D eigenvalue weighted by molar-refractivity contribution is -0.139. The van der Waals surface area contributed by atoms with Gasteiger partial charge in [-0.2, -0.15) is 0 Å². The highest BCUT2D eigenvalue weighted by atomic mass is 35.5. The van der Waals surface area contributed by atoms with Crippen molar-refractivity contribution in [2.45, 2.75) is 12.1 Å². The van der Waals surface area contributed by atoms with Crippen molar-refractivity contribution < 1.29 is 18.3 Å². The highest BCUT2D eigenvalue weighted by Gasteiger charge is 2.36. The van der Waals surface area contributed by atoms with E-state index in [2.05, 4.69) is 5.32 Å². The minimum atomic E-state index is -3.39. The predicted molar refractivity (Wildman–Crippen MR) is 67.4 cm³/mol. The van der Waals surface area contributed by atoms with E-state index < -0.39 is 27.9 Å². The zero-order valence-electron chi connectivity index (χ0n) is 9.34. The quantitative estimate of drug-likeness (QED) is 0.843. The standard InChI is InChI=1S/C11H12ClNO4S/c12-8-4-2-1-3-7(8)9-5-18(16,17)6-10(13-9)11(14)15/h1-4,9-10,13H,5-6H2,(H,14,15). The molecule has 7 heteroatoms. The molecule has 2 unspecified atom stereocenters. The summed E-state index contributed by atoms with van der Waals surface area (Å²) >= 11 is 6.00. The molecule has 0 amide bonds. The Morgan fingerprint density at radius 3 is 2.61 bits per heavy atom. The Bertz CT molecular complexity index is 572. The van der Waals surface area contributed by atoms with E-state index in [9.17, 15) is 13.2 Å². The van der Waals surface area contributed by atoms with E-state index in [1.807, 2.05) is 0 Å². The molecule has 5 nitrogen and oxygen atoms in total. The molecule has 1 aromatic carbocycles. The Morgan fingerprint density at radius 1 is 1.33 bits per heavy atom. The van der Waals surface area contributed by atoms with Crippen LogP contribution in [0.3, 0.4) is 0 Å². The summed E-state index contributed by atoms with van der Waals surface area (Å²) in [5, 5.41) is 12.2. The average Bonchev–Trinajstić information content (AvgIpc) is 2.27. The fourth-order valence-electron chi connectivity index (χ4n) is 1.99. The second-order valence-electron chi connectivity index (χ2n) is 4.21. The van der Waals surface area contributed by atoms with Crippen LogP contribution in [0.25, 0.3) is 0 Å². The van der Waals surface area contributed by atoms with E-state index in [1.165, 1.54) is 0 Å². The number of rotatable bonds is 2. The molecule has 1 aliphatic rings. The van der Waals surface area contributed by atoms with Gasteiger partial charge in [-0.05, 0) is 11.6 Å². The summed E-state index contributed by atoms with van der Waals surface area (Å²) < 4.78 is 23.4. The van der Waals surface area contributed by atoms with Crippen LogP contribution < -0.4 is 5.32 Å². The number of aliphatic carboxylic acids is 1. The third-order valence-corrected chi connectivity index (χ3v) is 4.85. The van der Waals surface area contributed by atoms with Crippen molar-refractivity contribution in [2.24, 2.45) is 0 Å². The third-order valence-electron chi connectivity index (χ3n) is 2.82. The molecule has 0 spiro atoms. The average molecular weight is 290 g/mol. The summed E-state index contributed by atoms with van der Waals surface area (Å²) in [6.45, 7) is 0. The number of benzene rings is 1. The van der Waals surface area contributed by atoms with Crippen LogP contribution in [0.5, 0.6) is 0 Å². The normalized spacial score (nSPS) is 26.7. The summed E-state index contributed by atoms with van der Waals surface area (Å²) in [4.78, 5) is 10.9. The van der Waals surface area contributed by atoms with Crippen molar-refractivity contribution in [1.29, 1.82) is 0 Å². The highest BCUT2D eigenvalue weighted by molar-refractivity contribution is 7.91. The van der Waals surface area contributed by atoms with Gasteiger partial charge in [0.05, 0.1) is 11.5 Å². The number of carboxylic acid groups (broad SMARTS) is 1. The van der Waals surface area contributed by atoms with Gasteiger partial charge in [0.2, 0.25) is 0 Å². The third kappa shape index (κ3) is 2.82. The number of sulfone groups is 1. The van der Waals surface area contributed by atoms with Crippen molar-refractivity contribution in [3.05, 3.63) is 34.9 Å². The summed E-state index contributed by atoms with van der Waals surface area (Å²) in [6.07, 6.45) is 0. The highest BCUT2D eigenvalue weighted by Crippen LogP contribution is 2.27. The first kappa shape index (κ1) is 13.3. The lowest BCUT2D eigenvalue weighted by Crippen LogP contribution is -2.51. The minimum Gasteiger partial charge on any atom is -0.480 e. The second-order valence-corrected chi connectivity index (χ2v) is 6.77. The number of hydrogen-bond donors (Lipinski definition) is 2. The maximum Gasteiger partial charge on any atom is 0.321 e. The molecule has 18 heavy (non-hydrogen) atoms. The molecular formula is C11H12ClNO4S. The molecule has 98 valence electrons. The van der Waals surface area contributed by atoms with E-state index in [4.69, 9.17) is 16.7 Å². The van der Waals surface area contributed by atoms with Gasteiger partial charge in [-0.25, -0.2) is 8.42 Å². The van der Waals surface area contributed by atoms with Gasteiger partial charge in [-0.3, -0.25) is 10.1 Å². The van der Waals surface area contributed by atoms with Crippen LogP contribution >= 0.6 is 11.6 Å². The molecular weight excluding hydrogens is 278 g/mol. The zero-order valence-corrected chi connectivity index (χ0v) is 10.9. The Hall–Kier alpha value is -1.11. The first-order valence-corrected chi connectivity index (χ1v) is 7.53. The van der Waals surface area contributed by atoms with E-state index in [0.717, 1.165) is 0 Å². The second kappa shape index (κ2) is 4.87. The Kier molecular flexibility index (Phi) is 3.61. The van der Waals surface area contributed by atoms with Gasteiger partial charge in [0.25, 0.3) is 0 Å². The first-order valence-electron chi connectivity index (χ1n) is 5.33.